The van der Waals surface area contributed by atoms with Gasteiger partial charge in [0, 0.05) is 18.1 Å². The van der Waals surface area contributed by atoms with Crippen LogP contribution in [0.15, 0.2) is 18.2 Å². The zero-order valence-corrected chi connectivity index (χ0v) is 8.11. The molecule has 0 aromatic heterocycles. The minimum Gasteiger partial charge on any atom is -0.423 e. The van der Waals surface area contributed by atoms with E-state index in [2.05, 4.69) is 5.32 Å². The maximum Gasteiger partial charge on any atom is 0.490 e. The minimum atomic E-state index is -1.57. The Morgan fingerprint density at radius 1 is 1.43 bits per heavy atom. The van der Waals surface area contributed by atoms with Gasteiger partial charge in [0.2, 0.25) is 5.91 Å². The summed E-state index contributed by atoms with van der Waals surface area (Å²) in [6.07, 6.45) is 0. The third kappa shape index (κ3) is 2.34. The van der Waals surface area contributed by atoms with Crippen molar-refractivity contribution in [2.45, 2.75) is 13.8 Å². The van der Waals surface area contributed by atoms with E-state index in [1.807, 2.05) is 0 Å². The largest absolute Gasteiger partial charge is 0.490 e. The number of hydrogen-bond donors (Lipinski definition) is 3. The Bertz CT molecular complexity index is 352. The Morgan fingerprint density at radius 2 is 2.07 bits per heavy atom. The van der Waals surface area contributed by atoms with Crippen LogP contribution in [0.4, 0.5) is 5.69 Å². The van der Waals surface area contributed by atoms with Crippen molar-refractivity contribution < 1.29 is 14.8 Å². The zero-order chi connectivity index (χ0) is 10.7. The number of anilines is 1. The Morgan fingerprint density at radius 3 is 2.57 bits per heavy atom. The monoisotopic (exact) mass is 193 g/mol. The first-order valence-electron chi connectivity index (χ1n) is 4.25. The van der Waals surface area contributed by atoms with Crippen molar-refractivity contribution in [2.75, 3.05) is 5.32 Å². The van der Waals surface area contributed by atoms with Crippen molar-refractivity contribution in [3.63, 3.8) is 0 Å². The highest BCUT2D eigenvalue weighted by molar-refractivity contribution is 6.60. The first kappa shape index (κ1) is 10.8. The van der Waals surface area contributed by atoms with Gasteiger partial charge in [-0.05, 0) is 12.5 Å². The van der Waals surface area contributed by atoms with Crippen molar-refractivity contribution in [3.8, 4) is 0 Å². The number of aryl methyl sites for hydroxylation is 1. The second-order valence-electron chi connectivity index (χ2n) is 3.09. The molecule has 0 aliphatic carbocycles. The lowest BCUT2D eigenvalue weighted by Crippen LogP contribution is -2.33. The van der Waals surface area contributed by atoms with E-state index in [9.17, 15) is 4.79 Å². The molecule has 0 atom stereocenters. The average Bonchev–Trinajstić information content (AvgIpc) is 2.07. The van der Waals surface area contributed by atoms with Crippen LogP contribution in [0.25, 0.3) is 0 Å². The Hall–Kier alpha value is -1.33. The van der Waals surface area contributed by atoms with Crippen LogP contribution in [0.2, 0.25) is 0 Å². The third-order valence-corrected chi connectivity index (χ3v) is 1.88. The van der Waals surface area contributed by atoms with E-state index in [-0.39, 0.29) is 5.91 Å². The highest BCUT2D eigenvalue weighted by atomic mass is 16.4. The zero-order valence-electron chi connectivity index (χ0n) is 8.11. The highest BCUT2D eigenvalue weighted by Crippen LogP contribution is 2.11. The Labute approximate surface area is 82.7 Å². The van der Waals surface area contributed by atoms with Crippen LogP contribution >= 0.6 is 0 Å². The lowest BCUT2D eigenvalue weighted by molar-refractivity contribution is -0.114. The molecule has 0 spiro atoms. The van der Waals surface area contributed by atoms with Gasteiger partial charge in [-0.3, -0.25) is 4.79 Å². The van der Waals surface area contributed by atoms with E-state index in [1.54, 1.807) is 25.1 Å². The topological polar surface area (TPSA) is 69.6 Å². The summed E-state index contributed by atoms with van der Waals surface area (Å²) in [7, 11) is -1.57. The predicted octanol–water partition coefficient (Wildman–Crippen LogP) is -0.367. The molecule has 14 heavy (non-hydrogen) atoms. The smallest absolute Gasteiger partial charge is 0.423 e. The molecule has 0 aliphatic heterocycles. The number of carbonyl (C=O) groups excluding carboxylic acids is 1. The van der Waals surface area contributed by atoms with Crippen LogP contribution in [-0.4, -0.2) is 23.1 Å². The highest BCUT2D eigenvalue weighted by Gasteiger charge is 2.17. The number of carbonyl (C=O) groups is 1. The molecule has 0 fully saturated rings. The fourth-order valence-corrected chi connectivity index (χ4v) is 1.25. The number of amides is 1. The molecule has 3 N–H and O–H groups in total. The Kier molecular flexibility index (Phi) is 3.27. The lowest BCUT2D eigenvalue weighted by atomic mass is 9.78. The summed E-state index contributed by atoms with van der Waals surface area (Å²) in [5, 5.41) is 20.7. The van der Waals surface area contributed by atoms with Gasteiger partial charge in [-0.1, -0.05) is 18.2 Å². The molecule has 0 saturated heterocycles. The second kappa shape index (κ2) is 4.26. The van der Waals surface area contributed by atoms with E-state index >= 15 is 0 Å². The van der Waals surface area contributed by atoms with Crippen LogP contribution in [0, 0.1) is 6.92 Å². The summed E-state index contributed by atoms with van der Waals surface area (Å²) in [5.74, 6) is -0.235. The molecule has 74 valence electrons. The van der Waals surface area contributed by atoms with Gasteiger partial charge in [0.05, 0.1) is 0 Å². The van der Waals surface area contributed by atoms with Crippen molar-refractivity contribution >= 4 is 24.2 Å². The normalized spacial score (nSPS) is 9.71. The molecule has 0 bridgehead atoms. The summed E-state index contributed by atoms with van der Waals surface area (Å²) >= 11 is 0. The predicted molar refractivity (Wildman–Crippen MR) is 55.3 cm³/mol. The Balaban J connectivity index is 3.15. The molecule has 0 aliphatic rings. The van der Waals surface area contributed by atoms with Crippen molar-refractivity contribution in [1.29, 1.82) is 0 Å². The van der Waals surface area contributed by atoms with Crippen molar-refractivity contribution in [2.24, 2.45) is 0 Å². The SMILES string of the molecule is CC(=O)Nc1c(C)cccc1B(O)O. The van der Waals surface area contributed by atoms with Crippen LogP contribution in [-0.2, 0) is 4.79 Å². The van der Waals surface area contributed by atoms with Gasteiger partial charge in [-0.2, -0.15) is 0 Å². The maximum absolute atomic E-state index is 10.9. The fraction of sp³-hybridized carbons (Fsp3) is 0.222. The molecular formula is C9H12BNO3. The van der Waals surface area contributed by atoms with Gasteiger partial charge in [0.15, 0.2) is 0 Å². The van der Waals surface area contributed by atoms with Crippen LogP contribution in [0.1, 0.15) is 12.5 Å². The molecule has 1 rings (SSSR count). The van der Waals surface area contributed by atoms with Crippen molar-refractivity contribution in [1.82, 2.24) is 0 Å². The van der Waals surface area contributed by atoms with Gasteiger partial charge in [0.1, 0.15) is 0 Å². The number of para-hydroxylation sites is 1. The van der Waals surface area contributed by atoms with Gasteiger partial charge >= 0.3 is 7.12 Å². The van der Waals surface area contributed by atoms with E-state index in [0.717, 1.165) is 5.56 Å². The van der Waals surface area contributed by atoms with Gasteiger partial charge in [-0.15, -0.1) is 0 Å². The molecule has 1 aromatic carbocycles. The van der Waals surface area contributed by atoms with Crippen LogP contribution < -0.4 is 10.8 Å². The van der Waals surface area contributed by atoms with E-state index in [0.29, 0.717) is 11.2 Å². The number of hydrogen-bond acceptors (Lipinski definition) is 3. The van der Waals surface area contributed by atoms with E-state index in [4.69, 9.17) is 10.0 Å². The molecule has 0 heterocycles. The number of rotatable bonds is 2. The quantitative estimate of drug-likeness (QED) is 0.561. The molecule has 0 radical (unpaired) electrons. The molecule has 5 heteroatoms. The van der Waals surface area contributed by atoms with Crippen LogP contribution in [0.5, 0.6) is 0 Å². The van der Waals surface area contributed by atoms with E-state index in [1.165, 1.54) is 6.92 Å². The standard InChI is InChI=1S/C9H12BNO3/c1-6-4-3-5-8(10(13)14)9(6)11-7(2)12/h3-5,13-14H,1-2H3,(H,11,12). The van der Waals surface area contributed by atoms with Gasteiger partial charge < -0.3 is 15.4 Å². The number of nitrogens with one attached hydrogen (secondary N) is 1. The molecule has 0 unspecified atom stereocenters. The molecule has 0 saturated carbocycles. The van der Waals surface area contributed by atoms with E-state index < -0.39 is 7.12 Å². The summed E-state index contributed by atoms with van der Waals surface area (Å²) in [4.78, 5) is 10.9. The third-order valence-electron chi connectivity index (χ3n) is 1.88. The second-order valence-corrected chi connectivity index (χ2v) is 3.09. The van der Waals surface area contributed by atoms with Crippen molar-refractivity contribution in [3.05, 3.63) is 23.8 Å². The minimum absolute atomic E-state index is 0.235. The maximum atomic E-state index is 10.9. The van der Waals surface area contributed by atoms with Gasteiger partial charge in [0.25, 0.3) is 0 Å². The molecule has 4 nitrogen and oxygen atoms in total. The molecular weight excluding hydrogens is 181 g/mol. The number of benzene rings is 1. The van der Waals surface area contributed by atoms with Gasteiger partial charge in [-0.25, -0.2) is 0 Å². The average molecular weight is 193 g/mol. The first-order chi connectivity index (χ1) is 6.52. The first-order valence-corrected chi connectivity index (χ1v) is 4.25. The summed E-state index contributed by atoms with van der Waals surface area (Å²) in [6, 6.07) is 5.05. The molecule has 1 aromatic rings. The fourth-order valence-electron chi connectivity index (χ4n) is 1.25. The lowest BCUT2D eigenvalue weighted by Gasteiger charge is -2.11. The van der Waals surface area contributed by atoms with Crippen LogP contribution in [0.3, 0.4) is 0 Å². The molecule has 1 amide bonds. The summed E-state index contributed by atoms with van der Waals surface area (Å²) < 4.78 is 0. The summed E-state index contributed by atoms with van der Waals surface area (Å²) in [6.45, 7) is 3.16. The summed E-state index contributed by atoms with van der Waals surface area (Å²) in [5.41, 5.74) is 1.57.